The first-order valence-electron chi connectivity index (χ1n) is 4.73. The fraction of sp³-hybridized carbons (Fsp3) is 0.364. The van der Waals surface area contributed by atoms with Gasteiger partial charge in [0.2, 0.25) is 0 Å². The van der Waals surface area contributed by atoms with Crippen LogP contribution >= 0.6 is 0 Å². The van der Waals surface area contributed by atoms with Crippen molar-refractivity contribution in [2.45, 2.75) is 25.7 Å². The van der Waals surface area contributed by atoms with E-state index >= 15 is 0 Å². The van der Waals surface area contributed by atoms with Crippen LogP contribution < -0.4 is 5.73 Å². The topological polar surface area (TPSA) is 63.3 Å². The zero-order valence-corrected chi connectivity index (χ0v) is 8.08. The first kappa shape index (κ1) is 9.06. The molecule has 1 aromatic carbocycles. The Kier molecular flexibility index (Phi) is 1.95. The first-order chi connectivity index (χ1) is 6.59. The summed E-state index contributed by atoms with van der Waals surface area (Å²) >= 11 is 0. The second-order valence-electron chi connectivity index (χ2n) is 3.86. The van der Waals surface area contributed by atoms with Gasteiger partial charge in [-0.1, -0.05) is 0 Å². The fourth-order valence-electron chi connectivity index (χ4n) is 1.63. The number of benzene rings is 1. The molecule has 1 aliphatic rings. The normalized spacial score (nSPS) is 15.5. The number of carboxylic acids is 1. The van der Waals surface area contributed by atoms with E-state index in [1.54, 1.807) is 13.0 Å². The van der Waals surface area contributed by atoms with Gasteiger partial charge in [-0.05, 0) is 48.9 Å². The second-order valence-corrected chi connectivity index (χ2v) is 3.86. The number of hydrogen-bond donors (Lipinski definition) is 2. The summed E-state index contributed by atoms with van der Waals surface area (Å²) in [5.74, 6) is -0.354. The summed E-state index contributed by atoms with van der Waals surface area (Å²) in [6, 6.07) is 3.66. The van der Waals surface area contributed by atoms with Crippen molar-refractivity contribution in [3.8, 4) is 0 Å². The highest BCUT2D eigenvalue weighted by atomic mass is 16.4. The van der Waals surface area contributed by atoms with Crippen LogP contribution in [0.2, 0.25) is 0 Å². The van der Waals surface area contributed by atoms with E-state index in [-0.39, 0.29) is 0 Å². The third-order valence-electron chi connectivity index (χ3n) is 2.75. The van der Waals surface area contributed by atoms with Crippen LogP contribution in [-0.4, -0.2) is 11.1 Å². The number of nitrogen functional groups attached to an aromatic ring is 1. The largest absolute Gasteiger partial charge is 0.478 e. The maximum Gasteiger partial charge on any atom is 0.336 e. The molecule has 0 saturated heterocycles. The highest BCUT2D eigenvalue weighted by Gasteiger charge is 2.25. The molecule has 1 fully saturated rings. The molecule has 1 aliphatic carbocycles. The van der Waals surface area contributed by atoms with Crippen molar-refractivity contribution in [3.05, 3.63) is 28.8 Å². The van der Waals surface area contributed by atoms with Crippen LogP contribution in [0.1, 0.15) is 40.2 Å². The van der Waals surface area contributed by atoms with Gasteiger partial charge in [0.05, 0.1) is 5.56 Å². The van der Waals surface area contributed by atoms with E-state index in [1.165, 1.54) is 0 Å². The van der Waals surface area contributed by atoms with Gasteiger partial charge < -0.3 is 10.8 Å². The molecule has 3 N–H and O–H groups in total. The molecule has 0 atom stereocenters. The van der Waals surface area contributed by atoms with Crippen LogP contribution in [0.15, 0.2) is 12.1 Å². The molecule has 0 radical (unpaired) electrons. The summed E-state index contributed by atoms with van der Waals surface area (Å²) in [5.41, 5.74) is 8.43. The molecule has 0 amide bonds. The molecule has 0 unspecified atom stereocenters. The van der Waals surface area contributed by atoms with E-state index in [9.17, 15) is 4.79 Å². The van der Waals surface area contributed by atoms with Crippen LogP contribution in [0.5, 0.6) is 0 Å². The van der Waals surface area contributed by atoms with Gasteiger partial charge in [-0.3, -0.25) is 0 Å². The summed E-state index contributed by atoms with van der Waals surface area (Å²) in [5, 5.41) is 8.96. The SMILES string of the molecule is Cc1c(N)cc(C2CC2)cc1C(=O)O. The molecule has 3 heteroatoms. The maximum absolute atomic E-state index is 10.9. The van der Waals surface area contributed by atoms with Gasteiger partial charge in [0.15, 0.2) is 0 Å². The van der Waals surface area contributed by atoms with Crippen LogP contribution in [0.25, 0.3) is 0 Å². The van der Waals surface area contributed by atoms with Gasteiger partial charge >= 0.3 is 5.97 Å². The van der Waals surface area contributed by atoms with Crippen molar-refractivity contribution in [3.63, 3.8) is 0 Å². The number of carbonyl (C=O) groups is 1. The Morgan fingerprint density at radius 1 is 1.50 bits per heavy atom. The Morgan fingerprint density at radius 3 is 2.64 bits per heavy atom. The summed E-state index contributed by atoms with van der Waals surface area (Å²) in [6.07, 6.45) is 2.31. The zero-order chi connectivity index (χ0) is 10.3. The van der Waals surface area contributed by atoms with E-state index in [0.29, 0.717) is 22.7 Å². The highest BCUT2D eigenvalue weighted by Crippen LogP contribution is 2.41. The minimum atomic E-state index is -0.892. The standard InChI is InChI=1S/C11H13NO2/c1-6-9(11(13)14)4-8(5-10(6)12)7-2-3-7/h4-5,7H,2-3,12H2,1H3,(H,13,14). The van der Waals surface area contributed by atoms with Crippen molar-refractivity contribution < 1.29 is 9.90 Å². The number of anilines is 1. The Hall–Kier alpha value is -1.51. The van der Waals surface area contributed by atoms with Crippen LogP contribution in [-0.2, 0) is 0 Å². The molecular formula is C11H13NO2. The number of hydrogen-bond acceptors (Lipinski definition) is 2. The molecule has 74 valence electrons. The molecule has 3 nitrogen and oxygen atoms in total. The smallest absolute Gasteiger partial charge is 0.336 e. The lowest BCUT2D eigenvalue weighted by Crippen LogP contribution is -2.04. The highest BCUT2D eigenvalue weighted by molar-refractivity contribution is 5.91. The average molecular weight is 191 g/mol. The lowest BCUT2D eigenvalue weighted by atomic mass is 10.0. The minimum absolute atomic E-state index is 0.340. The lowest BCUT2D eigenvalue weighted by molar-refractivity contribution is 0.0696. The fourth-order valence-corrected chi connectivity index (χ4v) is 1.63. The van der Waals surface area contributed by atoms with Gasteiger partial charge in [0.25, 0.3) is 0 Å². The van der Waals surface area contributed by atoms with Crippen LogP contribution in [0.3, 0.4) is 0 Å². The summed E-state index contributed by atoms with van der Waals surface area (Å²) < 4.78 is 0. The number of carboxylic acid groups (broad SMARTS) is 1. The molecule has 0 spiro atoms. The van der Waals surface area contributed by atoms with E-state index in [1.807, 2.05) is 6.07 Å². The molecule has 0 aromatic heterocycles. The van der Waals surface area contributed by atoms with Gasteiger partial charge in [-0.25, -0.2) is 4.79 Å². The quantitative estimate of drug-likeness (QED) is 0.704. The molecular weight excluding hydrogens is 178 g/mol. The van der Waals surface area contributed by atoms with Gasteiger partial charge in [0, 0.05) is 5.69 Å². The van der Waals surface area contributed by atoms with Gasteiger partial charge in [-0.2, -0.15) is 0 Å². The monoisotopic (exact) mass is 191 g/mol. The summed E-state index contributed by atoms with van der Waals surface area (Å²) in [7, 11) is 0. The van der Waals surface area contributed by atoms with E-state index in [4.69, 9.17) is 10.8 Å². The van der Waals surface area contributed by atoms with Crippen molar-refractivity contribution in [1.29, 1.82) is 0 Å². The predicted molar refractivity (Wildman–Crippen MR) is 54.5 cm³/mol. The Morgan fingerprint density at radius 2 is 2.14 bits per heavy atom. The third-order valence-corrected chi connectivity index (χ3v) is 2.75. The number of rotatable bonds is 2. The number of aromatic carboxylic acids is 1. The average Bonchev–Trinajstić information content (AvgIpc) is 2.91. The molecule has 2 rings (SSSR count). The van der Waals surface area contributed by atoms with E-state index in [0.717, 1.165) is 18.4 Å². The minimum Gasteiger partial charge on any atom is -0.478 e. The number of nitrogens with two attached hydrogens (primary N) is 1. The second kappa shape index (κ2) is 3.01. The van der Waals surface area contributed by atoms with Gasteiger partial charge in [0.1, 0.15) is 0 Å². The van der Waals surface area contributed by atoms with E-state index in [2.05, 4.69) is 0 Å². The molecule has 0 heterocycles. The summed E-state index contributed by atoms with van der Waals surface area (Å²) in [6.45, 7) is 1.75. The third kappa shape index (κ3) is 1.45. The molecule has 1 aromatic rings. The van der Waals surface area contributed by atoms with Crippen molar-refractivity contribution in [2.75, 3.05) is 5.73 Å². The van der Waals surface area contributed by atoms with Crippen molar-refractivity contribution >= 4 is 11.7 Å². The molecule has 0 bridgehead atoms. The zero-order valence-electron chi connectivity index (χ0n) is 8.08. The Bertz CT molecular complexity index is 395. The molecule has 1 saturated carbocycles. The maximum atomic E-state index is 10.9. The summed E-state index contributed by atoms with van der Waals surface area (Å²) in [4.78, 5) is 10.9. The Balaban J connectivity index is 2.51. The first-order valence-corrected chi connectivity index (χ1v) is 4.73. The van der Waals surface area contributed by atoms with Gasteiger partial charge in [-0.15, -0.1) is 0 Å². The van der Waals surface area contributed by atoms with Crippen LogP contribution in [0, 0.1) is 6.92 Å². The lowest BCUT2D eigenvalue weighted by Gasteiger charge is -2.07. The van der Waals surface area contributed by atoms with E-state index < -0.39 is 5.97 Å². The molecule has 0 aliphatic heterocycles. The Labute approximate surface area is 82.5 Å². The van der Waals surface area contributed by atoms with Crippen molar-refractivity contribution in [2.24, 2.45) is 0 Å². The van der Waals surface area contributed by atoms with Crippen molar-refractivity contribution in [1.82, 2.24) is 0 Å². The molecule has 14 heavy (non-hydrogen) atoms. The predicted octanol–water partition coefficient (Wildman–Crippen LogP) is 2.15. The van der Waals surface area contributed by atoms with Crippen LogP contribution in [0.4, 0.5) is 5.69 Å².